The van der Waals surface area contributed by atoms with E-state index in [-0.39, 0.29) is 5.92 Å². The van der Waals surface area contributed by atoms with Crippen molar-refractivity contribution in [3.8, 4) is 11.5 Å². The van der Waals surface area contributed by atoms with E-state index in [1.165, 1.54) is 0 Å². The Labute approximate surface area is 143 Å². The summed E-state index contributed by atoms with van der Waals surface area (Å²) in [6.45, 7) is 3.94. The van der Waals surface area contributed by atoms with Crippen LogP contribution in [0.4, 0.5) is 0 Å². The van der Waals surface area contributed by atoms with Crippen LogP contribution in [0.5, 0.6) is 11.5 Å². The van der Waals surface area contributed by atoms with Gasteiger partial charge in [-0.25, -0.2) is 4.57 Å². The van der Waals surface area contributed by atoms with Gasteiger partial charge in [0.1, 0.15) is 16.7 Å². The van der Waals surface area contributed by atoms with Gasteiger partial charge in [-0.1, -0.05) is 67.6 Å². The van der Waals surface area contributed by atoms with Crippen molar-refractivity contribution in [3.05, 3.63) is 85.0 Å². The molecule has 2 atom stereocenters. The molecule has 0 fully saturated rings. The molecule has 24 heavy (non-hydrogen) atoms. The standard InChI is InChI=1S/C20H21O3P/c1-17-11-9-10-16-20(17,2)24(21,22-18-12-5-3-6-13-18)23-19-14-7-4-8-15-19/h3-17H,1-2H3. The molecule has 0 bridgehead atoms. The number of benzene rings is 2. The summed E-state index contributed by atoms with van der Waals surface area (Å²) in [7, 11) is -3.54. The average Bonchev–Trinajstić information content (AvgIpc) is 2.59. The molecule has 3 rings (SSSR count). The summed E-state index contributed by atoms with van der Waals surface area (Å²) in [6.07, 6.45) is 7.80. The van der Waals surface area contributed by atoms with Gasteiger partial charge in [-0.05, 0) is 37.1 Å². The third kappa shape index (κ3) is 3.18. The van der Waals surface area contributed by atoms with E-state index in [0.29, 0.717) is 11.5 Å². The predicted molar refractivity (Wildman–Crippen MR) is 97.6 cm³/mol. The summed E-state index contributed by atoms with van der Waals surface area (Å²) in [5.41, 5.74) is 0. The Balaban J connectivity index is 2.02. The van der Waals surface area contributed by atoms with Gasteiger partial charge in [0.05, 0.1) is 0 Å². The highest BCUT2D eigenvalue weighted by atomic mass is 31.2. The van der Waals surface area contributed by atoms with Crippen LogP contribution in [0.25, 0.3) is 0 Å². The largest absolute Gasteiger partial charge is 0.440 e. The van der Waals surface area contributed by atoms with E-state index in [4.69, 9.17) is 9.05 Å². The molecule has 2 aromatic rings. The van der Waals surface area contributed by atoms with Gasteiger partial charge in [0, 0.05) is 0 Å². The van der Waals surface area contributed by atoms with E-state index in [0.717, 1.165) is 0 Å². The van der Waals surface area contributed by atoms with Crippen LogP contribution >= 0.6 is 7.60 Å². The minimum atomic E-state index is -3.54. The lowest BCUT2D eigenvalue weighted by molar-refractivity contribution is 0.342. The van der Waals surface area contributed by atoms with Gasteiger partial charge in [0.25, 0.3) is 0 Å². The summed E-state index contributed by atoms with van der Waals surface area (Å²) in [5, 5.41) is -0.757. The first-order chi connectivity index (χ1) is 11.5. The zero-order valence-electron chi connectivity index (χ0n) is 13.8. The van der Waals surface area contributed by atoms with Gasteiger partial charge in [0.15, 0.2) is 0 Å². The molecular weight excluding hydrogens is 319 g/mol. The molecule has 0 saturated heterocycles. The Kier molecular flexibility index (Phi) is 4.64. The molecule has 0 heterocycles. The monoisotopic (exact) mass is 340 g/mol. The molecule has 0 N–H and O–H groups in total. The molecule has 124 valence electrons. The van der Waals surface area contributed by atoms with Crippen molar-refractivity contribution in [1.82, 2.24) is 0 Å². The van der Waals surface area contributed by atoms with E-state index < -0.39 is 12.8 Å². The molecule has 0 aliphatic heterocycles. The Hall–Kier alpha value is -2.25. The minimum absolute atomic E-state index is 0.0146. The second kappa shape index (κ2) is 6.70. The van der Waals surface area contributed by atoms with Crippen molar-refractivity contribution in [2.45, 2.75) is 19.0 Å². The van der Waals surface area contributed by atoms with Crippen molar-refractivity contribution in [2.75, 3.05) is 0 Å². The maximum atomic E-state index is 13.9. The maximum absolute atomic E-state index is 13.9. The molecular formula is C20H21O3P. The number of rotatable bonds is 5. The van der Waals surface area contributed by atoms with Crippen LogP contribution in [0.2, 0.25) is 0 Å². The maximum Gasteiger partial charge on any atom is 0.440 e. The van der Waals surface area contributed by atoms with Crippen LogP contribution in [0.15, 0.2) is 85.0 Å². The van der Waals surface area contributed by atoms with Crippen LogP contribution in [0.3, 0.4) is 0 Å². The quantitative estimate of drug-likeness (QED) is 0.640. The van der Waals surface area contributed by atoms with E-state index in [1.54, 1.807) is 24.3 Å². The SMILES string of the molecule is CC1C=CC=CC1(C)P(=O)(Oc1ccccc1)Oc1ccccc1. The Bertz CT molecular complexity index is 738. The second-order valence-electron chi connectivity index (χ2n) is 6.06. The highest BCUT2D eigenvalue weighted by Crippen LogP contribution is 2.63. The normalized spacial score (nSPS) is 23.0. The number of allylic oxidation sites excluding steroid dienone is 4. The lowest BCUT2D eigenvalue weighted by atomic mass is 9.91. The summed E-state index contributed by atoms with van der Waals surface area (Å²) in [5.74, 6) is 1.09. The highest BCUT2D eigenvalue weighted by Gasteiger charge is 2.52. The lowest BCUT2D eigenvalue weighted by Gasteiger charge is -2.38. The van der Waals surface area contributed by atoms with E-state index >= 15 is 0 Å². The van der Waals surface area contributed by atoms with Crippen LogP contribution < -0.4 is 9.05 Å². The molecule has 0 spiro atoms. The van der Waals surface area contributed by atoms with E-state index in [9.17, 15) is 4.57 Å². The zero-order valence-corrected chi connectivity index (χ0v) is 14.7. The average molecular weight is 340 g/mol. The number of hydrogen-bond acceptors (Lipinski definition) is 3. The topological polar surface area (TPSA) is 35.5 Å². The minimum Gasteiger partial charge on any atom is -0.415 e. The van der Waals surface area contributed by atoms with E-state index in [1.807, 2.05) is 74.5 Å². The molecule has 0 radical (unpaired) electrons. The predicted octanol–water partition coefficient (Wildman–Crippen LogP) is 5.86. The van der Waals surface area contributed by atoms with E-state index in [2.05, 4.69) is 0 Å². The Morgan fingerprint density at radius 2 is 1.38 bits per heavy atom. The van der Waals surface area contributed by atoms with Gasteiger partial charge in [-0.2, -0.15) is 0 Å². The molecule has 1 aliphatic rings. The molecule has 3 nitrogen and oxygen atoms in total. The Morgan fingerprint density at radius 1 is 0.875 bits per heavy atom. The first-order valence-electron chi connectivity index (χ1n) is 7.99. The summed E-state index contributed by atoms with van der Waals surface area (Å²) in [4.78, 5) is 0. The lowest BCUT2D eigenvalue weighted by Crippen LogP contribution is -2.35. The van der Waals surface area contributed by atoms with Crippen molar-refractivity contribution in [3.63, 3.8) is 0 Å². The molecule has 0 aromatic heterocycles. The van der Waals surface area contributed by atoms with Crippen molar-refractivity contribution < 1.29 is 13.6 Å². The van der Waals surface area contributed by atoms with Crippen molar-refractivity contribution in [2.24, 2.45) is 5.92 Å². The zero-order chi connectivity index (χ0) is 17.0. The molecule has 2 aromatic carbocycles. The van der Waals surface area contributed by atoms with Gasteiger partial charge < -0.3 is 9.05 Å². The van der Waals surface area contributed by atoms with Crippen LogP contribution in [-0.2, 0) is 4.57 Å². The van der Waals surface area contributed by atoms with Crippen molar-refractivity contribution in [1.29, 1.82) is 0 Å². The van der Waals surface area contributed by atoms with Crippen LogP contribution in [0, 0.1) is 5.92 Å². The second-order valence-corrected chi connectivity index (χ2v) is 8.39. The van der Waals surface area contributed by atoms with Gasteiger partial charge in [-0.3, -0.25) is 0 Å². The number of para-hydroxylation sites is 2. The summed E-state index contributed by atoms with van der Waals surface area (Å²) < 4.78 is 25.8. The fraction of sp³-hybridized carbons (Fsp3) is 0.200. The highest BCUT2D eigenvalue weighted by molar-refractivity contribution is 7.56. The molecule has 0 saturated carbocycles. The fourth-order valence-corrected chi connectivity index (χ4v) is 4.71. The van der Waals surface area contributed by atoms with Gasteiger partial charge in [0.2, 0.25) is 0 Å². The number of hydrogen-bond donors (Lipinski definition) is 0. The Morgan fingerprint density at radius 3 is 1.83 bits per heavy atom. The van der Waals surface area contributed by atoms with Gasteiger partial charge >= 0.3 is 7.60 Å². The first kappa shape index (κ1) is 16.6. The third-order valence-electron chi connectivity index (χ3n) is 4.39. The molecule has 2 unspecified atom stereocenters. The van der Waals surface area contributed by atoms with Gasteiger partial charge in [-0.15, -0.1) is 0 Å². The fourth-order valence-electron chi connectivity index (χ4n) is 2.62. The summed E-state index contributed by atoms with van der Waals surface area (Å²) in [6, 6.07) is 18.3. The molecule has 4 heteroatoms. The smallest absolute Gasteiger partial charge is 0.415 e. The van der Waals surface area contributed by atoms with Crippen LogP contribution in [-0.4, -0.2) is 5.16 Å². The first-order valence-corrected chi connectivity index (χ1v) is 9.53. The third-order valence-corrected chi connectivity index (χ3v) is 7.03. The van der Waals surface area contributed by atoms with Crippen LogP contribution in [0.1, 0.15) is 13.8 Å². The summed E-state index contributed by atoms with van der Waals surface area (Å²) >= 11 is 0. The molecule has 1 aliphatic carbocycles. The molecule has 0 amide bonds. The van der Waals surface area contributed by atoms with Crippen molar-refractivity contribution >= 4 is 7.60 Å².